The fraction of sp³-hybridized carbons (Fsp3) is 0.417. The zero-order chi connectivity index (χ0) is 21.8. The highest BCUT2D eigenvalue weighted by molar-refractivity contribution is 5.87. The van der Waals surface area contributed by atoms with Gasteiger partial charge in [-0.25, -0.2) is 0 Å². The Hall–Kier alpha value is -2.86. The Kier molecular flexibility index (Phi) is 9.87. The predicted molar refractivity (Wildman–Crippen MR) is 117 cm³/mol. The SMILES string of the molecule is CCOCCCNC(=O)C(Cc1ccccc1)N(Cc1ccc(OC)cc1)C(C)=O. The Morgan fingerprint density at radius 2 is 1.73 bits per heavy atom. The molecule has 2 rings (SSSR count). The summed E-state index contributed by atoms with van der Waals surface area (Å²) in [6.45, 7) is 5.57. The lowest BCUT2D eigenvalue weighted by Gasteiger charge is -2.30. The second-order valence-corrected chi connectivity index (χ2v) is 7.04. The zero-order valence-electron chi connectivity index (χ0n) is 18.1. The fourth-order valence-corrected chi connectivity index (χ4v) is 3.20. The first kappa shape index (κ1) is 23.4. The Morgan fingerprint density at radius 1 is 1.03 bits per heavy atom. The molecule has 162 valence electrons. The molecule has 0 bridgehead atoms. The van der Waals surface area contributed by atoms with Gasteiger partial charge in [0.15, 0.2) is 0 Å². The standard InChI is InChI=1S/C24H32N2O4/c1-4-30-16-8-15-25-24(28)23(17-20-9-6-5-7-10-20)26(19(2)27)18-21-11-13-22(29-3)14-12-21/h5-7,9-14,23H,4,8,15-18H2,1-3H3,(H,25,28). The lowest BCUT2D eigenvalue weighted by Crippen LogP contribution is -2.50. The number of nitrogens with one attached hydrogen (secondary N) is 1. The van der Waals surface area contributed by atoms with E-state index in [0.717, 1.165) is 23.3 Å². The average molecular weight is 413 g/mol. The summed E-state index contributed by atoms with van der Waals surface area (Å²) in [5.74, 6) is 0.455. The van der Waals surface area contributed by atoms with Gasteiger partial charge in [0, 0.05) is 39.6 Å². The third-order valence-corrected chi connectivity index (χ3v) is 4.84. The van der Waals surface area contributed by atoms with Crippen LogP contribution in [0.4, 0.5) is 0 Å². The summed E-state index contributed by atoms with van der Waals surface area (Å²) in [5.41, 5.74) is 1.95. The highest BCUT2D eigenvalue weighted by atomic mass is 16.5. The molecule has 0 aliphatic heterocycles. The summed E-state index contributed by atoms with van der Waals surface area (Å²) in [5, 5.41) is 2.97. The summed E-state index contributed by atoms with van der Waals surface area (Å²) in [6.07, 6.45) is 1.18. The number of benzene rings is 2. The minimum absolute atomic E-state index is 0.142. The molecule has 0 aliphatic rings. The van der Waals surface area contributed by atoms with Crippen molar-refractivity contribution in [3.8, 4) is 5.75 Å². The van der Waals surface area contributed by atoms with Gasteiger partial charge in [-0.2, -0.15) is 0 Å². The molecule has 6 nitrogen and oxygen atoms in total. The molecular weight excluding hydrogens is 380 g/mol. The highest BCUT2D eigenvalue weighted by Gasteiger charge is 2.28. The van der Waals surface area contributed by atoms with Crippen molar-refractivity contribution in [1.82, 2.24) is 10.2 Å². The van der Waals surface area contributed by atoms with Gasteiger partial charge in [-0.15, -0.1) is 0 Å². The van der Waals surface area contributed by atoms with Crippen LogP contribution in [0.3, 0.4) is 0 Å². The molecule has 2 aromatic rings. The number of methoxy groups -OCH3 is 1. The van der Waals surface area contributed by atoms with Crippen LogP contribution in [0, 0.1) is 0 Å². The van der Waals surface area contributed by atoms with Crippen molar-refractivity contribution < 1.29 is 19.1 Å². The molecule has 1 N–H and O–H groups in total. The van der Waals surface area contributed by atoms with E-state index < -0.39 is 6.04 Å². The van der Waals surface area contributed by atoms with Crippen LogP contribution in [0.25, 0.3) is 0 Å². The third kappa shape index (κ3) is 7.52. The van der Waals surface area contributed by atoms with Crippen LogP contribution in [0.5, 0.6) is 5.75 Å². The number of rotatable bonds is 12. The molecule has 1 unspecified atom stereocenters. The molecule has 0 saturated heterocycles. The third-order valence-electron chi connectivity index (χ3n) is 4.84. The molecule has 2 aromatic carbocycles. The topological polar surface area (TPSA) is 67.9 Å². The maximum absolute atomic E-state index is 13.1. The molecule has 0 aliphatic carbocycles. The van der Waals surface area contributed by atoms with Crippen LogP contribution in [-0.4, -0.2) is 49.6 Å². The number of nitrogens with zero attached hydrogens (tertiary/aromatic N) is 1. The van der Waals surface area contributed by atoms with E-state index in [1.54, 1.807) is 12.0 Å². The lowest BCUT2D eigenvalue weighted by atomic mass is 10.0. The molecule has 2 amide bonds. The molecule has 0 aromatic heterocycles. The van der Waals surface area contributed by atoms with Gasteiger partial charge in [-0.05, 0) is 36.6 Å². The second kappa shape index (κ2) is 12.6. The smallest absolute Gasteiger partial charge is 0.243 e. The average Bonchev–Trinajstić information content (AvgIpc) is 2.76. The summed E-state index contributed by atoms with van der Waals surface area (Å²) in [4.78, 5) is 27.2. The first-order valence-corrected chi connectivity index (χ1v) is 10.3. The Labute approximate surface area is 179 Å². The monoisotopic (exact) mass is 412 g/mol. The minimum atomic E-state index is -0.598. The fourth-order valence-electron chi connectivity index (χ4n) is 3.20. The quantitative estimate of drug-likeness (QED) is 0.544. The van der Waals surface area contributed by atoms with Crippen molar-refractivity contribution in [3.05, 3.63) is 65.7 Å². The normalized spacial score (nSPS) is 11.6. The van der Waals surface area contributed by atoms with Crippen molar-refractivity contribution in [1.29, 1.82) is 0 Å². The van der Waals surface area contributed by atoms with E-state index in [9.17, 15) is 9.59 Å². The van der Waals surface area contributed by atoms with Crippen LogP contribution in [0.1, 0.15) is 31.4 Å². The summed E-state index contributed by atoms with van der Waals surface area (Å²) in [7, 11) is 1.61. The maximum Gasteiger partial charge on any atom is 0.243 e. The Bertz CT molecular complexity index is 778. The molecule has 0 radical (unpaired) electrons. The first-order chi connectivity index (χ1) is 14.5. The van der Waals surface area contributed by atoms with E-state index in [1.165, 1.54) is 6.92 Å². The van der Waals surface area contributed by atoms with Gasteiger partial charge >= 0.3 is 0 Å². The van der Waals surface area contributed by atoms with E-state index in [0.29, 0.717) is 32.7 Å². The van der Waals surface area contributed by atoms with E-state index in [4.69, 9.17) is 9.47 Å². The van der Waals surface area contributed by atoms with Crippen molar-refractivity contribution in [3.63, 3.8) is 0 Å². The number of carbonyl (C=O) groups excluding carboxylic acids is 2. The largest absolute Gasteiger partial charge is 0.497 e. The summed E-state index contributed by atoms with van der Waals surface area (Å²) < 4.78 is 10.5. The number of hydrogen-bond donors (Lipinski definition) is 1. The van der Waals surface area contributed by atoms with Crippen LogP contribution in [-0.2, 0) is 27.3 Å². The molecule has 1 atom stereocenters. The molecule has 30 heavy (non-hydrogen) atoms. The van der Waals surface area contributed by atoms with Gasteiger partial charge in [0.1, 0.15) is 11.8 Å². The van der Waals surface area contributed by atoms with Gasteiger partial charge in [-0.3, -0.25) is 9.59 Å². The van der Waals surface area contributed by atoms with Crippen LogP contribution in [0.15, 0.2) is 54.6 Å². The maximum atomic E-state index is 13.1. The molecule has 0 saturated carbocycles. The minimum Gasteiger partial charge on any atom is -0.497 e. The molecular formula is C24H32N2O4. The van der Waals surface area contributed by atoms with Crippen LogP contribution in [0.2, 0.25) is 0 Å². The molecule has 6 heteroatoms. The number of amides is 2. The van der Waals surface area contributed by atoms with E-state index in [1.807, 2.05) is 61.5 Å². The van der Waals surface area contributed by atoms with Crippen molar-refractivity contribution >= 4 is 11.8 Å². The van der Waals surface area contributed by atoms with Gasteiger partial charge < -0.3 is 19.7 Å². The lowest BCUT2D eigenvalue weighted by molar-refractivity contribution is -0.139. The number of carbonyl (C=O) groups is 2. The van der Waals surface area contributed by atoms with Gasteiger partial charge in [0.2, 0.25) is 11.8 Å². The summed E-state index contributed by atoms with van der Waals surface area (Å²) in [6, 6.07) is 16.7. The molecule has 0 fully saturated rings. The van der Waals surface area contributed by atoms with Gasteiger partial charge in [0.05, 0.1) is 7.11 Å². The van der Waals surface area contributed by atoms with Crippen LogP contribution >= 0.6 is 0 Å². The van der Waals surface area contributed by atoms with Crippen molar-refractivity contribution in [2.45, 2.75) is 39.3 Å². The second-order valence-electron chi connectivity index (χ2n) is 7.04. The number of hydrogen-bond acceptors (Lipinski definition) is 4. The van der Waals surface area contributed by atoms with E-state index in [2.05, 4.69) is 5.32 Å². The van der Waals surface area contributed by atoms with Gasteiger partial charge in [0.25, 0.3) is 0 Å². The molecule has 0 spiro atoms. The predicted octanol–water partition coefficient (Wildman–Crippen LogP) is 3.20. The zero-order valence-corrected chi connectivity index (χ0v) is 18.1. The van der Waals surface area contributed by atoms with Crippen LogP contribution < -0.4 is 10.1 Å². The number of ether oxygens (including phenoxy) is 2. The Morgan fingerprint density at radius 3 is 2.33 bits per heavy atom. The molecule has 0 heterocycles. The van der Waals surface area contributed by atoms with Crippen molar-refractivity contribution in [2.75, 3.05) is 26.9 Å². The van der Waals surface area contributed by atoms with E-state index in [-0.39, 0.29) is 11.8 Å². The first-order valence-electron chi connectivity index (χ1n) is 10.3. The highest BCUT2D eigenvalue weighted by Crippen LogP contribution is 2.17. The van der Waals surface area contributed by atoms with Gasteiger partial charge in [-0.1, -0.05) is 42.5 Å². The summed E-state index contributed by atoms with van der Waals surface area (Å²) >= 11 is 0. The Balaban J connectivity index is 2.16. The van der Waals surface area contributed by atoms with Crippen molar-refractivity contribution in [2.24, 2.45) is 0 Å². The van der Waals surface area contributed by atoms with E-state index >= 15 is 0 Å².